The van der Waals surface area contributed by atoms with Crippen molar-refractivity contribution in [3.05, 3.63) is 0 Å². The van der Waals surface area contributed by atoms with Gasteiger partial charge in [0.05, 0.1) is 6.10 Å². The molecule has 3 rings (SSSR count). The van der Waals surface area contributed by atoms with Crippen molar-refractivity contribution in [1.29, 1.82) is 0 Å². The molecule has 4 N–H and O–H groups in total. The van der Waals surface area contributed by atoms with Crippen molar-refractivity contribution in [2.45, 2.75) is 64.8 Å². The molecule has 6 atom stereocenters. The molecule has 1 aromatic rings. The molecule has 0 radical (unpaired) electrons. The lowest BCUT2D eigenvalue weighted by atomic mass is 9.99. The second kappa shape index (κ2) is 10.3. The van der Waals surface area contributed by atoms with Gasteiger partial charge in [0, 0.05) is 20.5 Å². The molecule has 2 aliphatic heterocycles. The maximum atomic E-state index is 16.3. The number of nitrogens with zero attached hydrogens (tertiary/aromatic N) is 5. The SMILES string of the molecule is CCN(C)c1nc(N)nc2c1N=C[N+]21COC(CO[P+](=O)NC(C)C(=O)OC(C)C)C(O)C1(C)F. The fraction of sp³-hybridized carbons (Fsp3) is 0.700. The minimum absolute atomic E-state index is 0.0639. The number of quaternary nitrogens is 1. The van der Waals surface area contributed by atoms with Crippen molar-refractivity contribution in [2.75, 3.05) is 37.6 Å². The lowest BCUT2D eigenvalue weighted by molar-refractivity contribution is -0.220. The number of carbonyl (C=O) groups excluding carboxylic acids is 1. The van der Waals surface area contributed by atoms with Crippen LogP contribution in [0.3, 0.4) is 0 Å². The number of anilines is 2. The van der Waals surface area contributed by atoms with E-state index in [-0.39, 0.29) is 24.6 Å². The van der Waals surface area contributed by atoms with Crippen LogP contribution in [0.15, 0.2) is 4.99 Å². The Kier molecular flexibility index (Phi) is 8.04. The van der Waals surface area contributed by atoms with Gasteiger partial charge in [0.1, 0.15) is 18.8 Å². The summed E-state index contributed by atoms with van der Waals surface area (Å²) in [5, 5.41) is 13.4. The van der Waals surface area contributed by atoms with Crippen LogP contribution in [0.4, 0.5) is 27.7 Å². The largest absolute Gasteiger partial charge is 0.613 e. The summed E-state index contributed by atoms with van der Waals surface area (Å²) in [7, 11) is -0.726. The Balaban J connectivity index is 1.73. The molecule has 1 fully saturated rings. The Morgan fingerprint density at radius 2 is 2.17 bits per heavy atom. The van der Waals surface area contributed by atoms with E-state index in [1.165, 1.54) is 20.2 Å². The van der Waals surface area contributed by atoms with Crippen molar-refractivity contribution in [2.24, 2.45) is 4.99 Å². The van der Waals surface area contributed by atoms with Crippen LogP contribution in [-0.2, 0) is 23.4 Å². The molecule has 1 aromatic heterocycles. The van der Waals surface area contributed by atoms with Crippen LogP contribution in [0.2, 0.25) is 0 Å². The number of aliphatic hydroxyl groups excluding tert-OH is 1. The van der Waals surface area contributed by atoms with E-state index in [1.807, 2.05) is 6.92 Å². The van der Waals surface area contributed by atoms with E-state index < -0.39 is 49.3 Å². The highest BCUT2D eigenvalue weighted by atomic mass is 31.1. The molecule has 0 bridgehead atoms. The number of hydrogen-bond acceptors (Lipinski definition) is 11. The number of fused-ring (bicyclic) bond motifs is 2. The normalized spacial score (nSPS) is 28.8. The van der Waals surface area contributed by atoms with Crippen LogP contribution in [0.1, 0.15) is 34.6 Å². The minimum atomic E-state index is -2.52. The number of carbonyl (C=O) groups is 1. The summed E-state index contributed by atoms with van der Waals surface area (Å²) in [6.45, 7) is 7.91. The zero-order chi connectivity index (χ0) is 26.1. The van der Waals surface area contributed by atoms with Crippen LogP contribution in [0.25, 0.3) is 0 Å². The fourth-order valence-electron chi connectivity index (χ4n) is 3.75. The molecule has 13 nitrogen and oxygen atoms in total. The Morgan fingerprint density at radius 1 is 1.49 bits per heavy atom. The summed E-state index contributed by atoms with van der Waals surface area (Å²) < 4.78 is 43.9. The number of halogens is 1. The van der Waals surface area contributed by atoms with Gasteiger partial charge in [0.15, 0.2) is 24.3 Å². The highest BCUT2D eigenvalue weighted by molar-refractivity contribution is 7.36. The number of nitrogens with one attached hydrogen (secondary N) is 1. The molecule has 1 saturated heterocycles. The maximum absolute atomic E-state index is 16.3. The van der Waals surface area contributed by atoms with Gasteiger partial charge >= 0.3 is 14.1 Å². The molecule has 3 heterocycles. The number of nitrogens with two attached hydrogens (primary N) is 1. The van der Waals surface area contributed by atoms with Gasteiger partial charge in [-0.05, 0) is 32.3 Å². The second-order valence-electron chi connectivity index (χ2n) is 8.90. The van der Waals surface area contributed by atoms with E-state index in [2.05, 4.69) is 20.0 Å². The molecule has 194 valence electrons. The minimum Gasteiger partial charge on any atom is -0.462 e. The predicted molar refractivity (Wildman–Crippen MR) is 128 cm³/mol. The van der Waals surface area contributed by atoms with Crippen LogP contribution >= 0.6 is 8.18 Å². The van der Waals surface area contributed by atoms with E-state index >= 15 is 4.39 Å². The lowest BCUT2D eigenvalue weighted by Gasteiger charge is -2.47. The number of ether oxygens (including phenoxy) is 2. The smallest absolute Gasteiger partial charge is 0.462 e. The van der Waals surface area contributed by atoms with Gasteiger partial charge in [0.2, 0.25) is 12.3 Å². The highest BCUT2D eigenvalue weighted by Gasteiger charge is 2.65. The summed E-state index contributed by atoms with van der Waals surface area (Å²) in [6, 6.07) is -0.892. The van der Waals surface area contributed by atoms with Crippen LogP contribution < -0.4 is 20.2 Å². The lowest BCUT2D eigenvalue weighted by Crippen LogP contribution is -2.73. The van der Waals surface area contributed by atoms with Crippen molar-refractivity contribution in [3.63, 3.8) is 0 Å². The average Bonchev–Trinajstić information content (AvgIpc) is 3.15. The van der Waals surface area contributed by atoms with Crippen LogP contribution in [-0.4, -0.2) is 84.5 Å². The maximum Gasteiger partial charge on any atom is 0.613 e. The first-order valence-corrected chi connectivity index (χ1v) is 12.4. The molecule has 0 saturated carbocycles. The number of aliphatic imine (C=N–C) groups is 1. The van der Waals surface area contributed by atoms with E-state index in [0.717, 1.165) is 0 Å². The van der Waals surface area contributed by atoms with Gasteiger partial charge in [-0.2, -0.15) is 23.8 Å². The highest BCUT2D eigenvalue weighted by Crippen LogP contribution is 2.50. The molecule has 0 aliphatic carbocycles. The number of nitrogen functional groups attached to an aromatic ring is 1. The number of hydrogen-bond donors (Lipinski definition) is 3. The number of rotatable bonds is 9. The number of aromatic nitrogens is 2. The summed E-state index contributed by atoms with van der Waals surface area (Å²) in [5.74, 6) is -2.40. The van der Waals surface area contributed by atoms with Gasteiger partial charge in [-0.3, -0.25) is 4.79 Å². The molecule has 2 aliphatic rings. The molecule has 0 amide bonds. The summed E-state index contributed by atoms with van der Waals surface area (Å²) in [4.78, 5) is 26.5. The standard InChI is InChI=1S/C20H33FN7O6P/c1-7-27(6)16-14-17(25-19(22)24-16)28(9-23-14)10-32-13(15(29)20(28,5)21)8-33-35(31)26-12(4)18(30)34-11(2)3/h9,11-13,15,29H,7-8,10H2,1-6H3,(H,26,31)(H2,22,24,25)/q+2. The zero-order valence-corrected chi connectivity index (χ0v) is 21.5. The molecule has 35 heavy (non-hydrogen) atoms. The first-order valence-electron chi connectivity index (χ1n) is 11.2. The third-order valence-electron chi connectivity index (χ3n) is 5.99. The van der Waals surface area contributed by atoms with Crippen molar-refractivity contribution in [1.82, 2.24) is 19.5 Å². The van der Waals surface area contributed by atoms with Gasteiger partial charge in [-0.15, -0.1) is 4.52 Å². The molecule has 1 spiro atoms. The molecule has 0 aromatic carbocycles. The number of esters is 1. The second-order valence-corrected chi connectivity index (χ2v) is 9.93. The first kappa shape index (κ1) is 27.2. The molecular formula is C20H33FN7O6P+2. The van der Waals surface area contributed by atoms with Crippen LogP contribution in [0.5, 0.6) is 0 Å². The average molecular weight is 517 g/mol. The monoisotopic (exact) mass is 517 g/mol. The van der Waals surface area contributed by atoms with E-state index in [1.54, 1.807) is 25.8 Å². The Bertz CT molecular complexity index is 1010. The summed E-state index contributed by atoms with van der Waals surface area (Å²) in [6.07, 6.45) is -1.87. The third-order valence-corrected chi connectivity index (χ3v) is 6.97. The Labute approximate surface area is 204 Å². The topological polar surface area (TPSA) is 161 Å². The van der Waals surface area contributed by atoms with E-state index in [9.17, 15) is 14.5 Å². The van der Waals surface area contributed by atoms with Gasteiger partial charge in [-0.25, -0.2) is 0 Å². The Hall–Kier alpha value is -2.35. The summed E-state index contributed by atoms with van der Waals surface area (Å²) in [5.41, 5.74) is 6.24. The predicted octanol–water partition coefficient (Wildman–Crippen LogP) is 1.50. The van der Waals surface area contributed by atoms with E-state index in [4.69, 9.17) is 19.7 Å². The number of alkyl halides is 1. The van der Waals surface area contributed by atoms with Crippen molar-refractivity contribution < 1.29 is 32.9 Å². The van der Waals surface area contributed by atoms with Crippen molar-refractivity contribution in [3.8, 4) is 0 Å². The quantitative estimate of drug-likeness (QED) is 0.188. The van der Waals surface area contributed by atoms with Gasteiger partial charge in [-0.1, -0.05) is 5.09 Å². The van der Waals surface area contributed by atoms with Gasteiger partial charge < -0.3 is 25.2 Å². The van der Waals surface area contributed by atoms with Gasteiger partial charge in [0.25, 0.3) is 11.6 Å². The third kappa shape index (κ3) is 5.13. The zero-order valence-electron chi connectivity index (χ0n) is 20.6. The fourth-order valence-corrected chi connectivity index (χ4v) is 4.53. The van der Waals surface area contributed by atoms with E-state index in [0.29, 0.717) is 18.1 Å². The first-order chi connectivity index (χ1) is 16.3. The van der Waals surface area contributed by atoms with Crippen molar-refractivity contribution >= 4 is 43.8 Å². The molecule has 15 heteroatoms. The molecule has 6 unspecified atom stereocenters. The summed E-state index contributed by atoms with van der Waals surface area (Å²) >= 11 is 0. The number of aliphatic hydroxyl groups is 1. The Morgan fingerprint density at radius 3 is 2.80 bits per heavy atom. The molecular weight excluding hydrogens is 484 g/mol. The van der Waals surface area contributed by atoms with Crippen LogP contribution in [0, 0.1) is 0 Å².